The maximum absolute atomic E-state index is 13.3. The van der Waals surface area contributed by atoms with Crippen LogP contribution in [0.1, 0.15) is 23.2 Å². The van der Waals surface area contributed by atoms with Crippen molar-refractivity contribution in [3.8, 4) is 0 Å². The molecule has 2 saturated heterocycles. The number of carbonyl (C=O) groups is 1. The molecular weight excluding hydrogens is 370 g/mol. The van der Waals surface area contributed by atoms with Gasteiger partial charge in [-0.05, 0) is 25.0 Å². The molecule has 0 aliphatic carbocycles. The van der Waals surface area contributed by atoms with Crippen LogP contribution in [0.2, 0.25) is 0 Å². The average Bonchev–Trinajstić information content (AvgIpc) is 3.10. The van der Waals surface area contributed by atoms with E-state index in [4.69, 9.17) is 4.74 Å². The lowest BCUT2D eigenvalue weighted by molar-refractivity contribution is 0.0136. The summed E-state index contributed by atoms with van der Waals surface area (Å²) in [5, 5.41) is 4.26. The lowest BCUT2D eigenvalue weighted by atomic mass is 9.80. The molecule has 29 heavy (non-hydrogen) atoms. The molecule has 5 rings (SSSR count). The monoisotopic (exact) mass is 393 g/mol. The number of aromatic nitrogens is 5. The third kappa shape index (κ3) is 3.42. The molecule has 1 unspecified atom stereocenters. The molecule has 0 radical (unpaired) electrons. The number of carbonyl (C=O) groups excluding carboxylic acids is 1. The van der Waals surface area contributed by atoms with Gasteiger partial charge in [0.15, 0.2) is 5.65 Å². The fourth-order valence-corrected chi connectivity index (χ4v) is 4.39. The normalized spacial score (nSPS) is 22.8. The van der Waals surface area contributed by atoms with Crippen LogP contribution in [0, 0.1) is 5.41 Å². The summed E-state index contributed by atoms with van der Waals surface area (Å²) in [5.41, 5.74) is 0.994. The van der Waals surface area contributed by atoms with E-state index in [0.29, 0.717) is 36.9 Å². The number of fused-ring (bicyclic) bond motifs is 1. The van der Waals surface area contributed by atoms with Crippen molar-refractivity contribution in [2.24, 2.45) is 5.41 Å². The largest absolute Gasteiger partial charge is 0.379 e. The summed E-state index contributed by atoms with van der Waals surface area (Å²) in [5.74, 6) is 0.692. The van der Waals surface area contributed by atoms with E-state index in [2.05, 4.69) is 25.0 Å². The molecule has 1 spiro atoms. The van der Waals surface area contributed by atoms with Gasteiger partial charge < -0.3 is 14.5 Å². The van der Waals surface area contributed by atoms with E-state index in [1.54, 1.807) is 41.6 Å². The highest BCUT2D eigenvalue weighted by molar-refractivity contribution is 5.99. The van der Waals surface area contributed by atoms with E-state index in [9.17, 15) is 4.79 Å². The first kappa shape index (κ1) is 18.0. The standard InChI is InChI=1S/C20H23N7O2/c28-18(16-12-24-27-9-3-7-21-17(16)27)25-8-1-4-20(13-25)14-26(10-11-29-15-20)19-22-5-2-6-23-19/h2-3,5-7,9,12H,1,4,8,10-11,13-15H2. The van der Waals surface area contributed by atoms with Crippen molar-refractivity contribution in [1.29, 1.82) is 0 Å². The van der Waals surface area contributed by atoms with Crippen LogP contribution >= 0.6 is 0 Å². The number of hydrogen-bond acceptors (Lipinski definition) is 7. The van der Waals surface area contributed by atoms with Crippen molar-refractivity contribution in [2.45, 2.75) is 12.8 Å². The molecule has 150 valence electrons. The van der Waals surface area contributed by atoms with Crippen molar-refractivity contribution in [2.75, 3.05) is 44.3 Å². The zero-order chi connectivity index (χ0) is 19.7. The highest BCUT2D eigenvalue weighted by Gasteiger charge is 2.41. The number of likely N-dealkylation sites (tertiary alicyclic amines) is 1. The number of anilines is 1. The second-order valence-electron chi connectivity index (χ2n) is 7.80. The van der Waals surface area contributed by atoms with E-state index < -0.39 is 0 Å². The highest BCUT2D eigenvalue weighted by atomic mass is 16.5. The number of ether oxygens (including phenoxy) is 1. The minimum Gasteiger partial charge on any atom is -0.379 e. The molecule has 0 saturated carbocycles. The lowest BCUT2D eigenvalue weighted by Gasteiger charge is -2.43. The molecular formula is C20H23N7O2. The van der Waals surface area contributed by atoms with Crippen LogP contribution in [0.15, 0.2) is 43.1 Å². The third-order valence-electron chi connectivity index (χ3n) is 5.73. The third-order valence-corrected chi connectivity index (χ3v) is 5.73. The predicted octanol–water partition coefficient (Wildman–Crippen LogP) is 1.28. The zero-order valence-electron chi connectivity index (χ0n) is 16.1. The van der Waals surface area contributed by atoms with Gasteiger partial charge in [-0.2, -0.15) is 5.10 Å². The van der Waals surface area contributed by atoms with Gasteiger partial charge in [-0.25, -0.2) is 19.5 Å². The summed E-state index contributed by atoms with van der Waals surface area (Å²) in [6.07, 6.45) is 10.6. The molecule has 1 atom stereocenters. The van der Waals surface area contributed by atoms with Crippen molar-refractivity contribution in [3.05, 3.63) is 48.7 Å². The minimum absolute atomic E-state index is 0.0236. The van der Waals surface area contributed by atoms with E-state index in [1.807, 2.05) is 11.0 Å². The molecule has 3 aromatic heterocycles. The van der Waals surface area contributed by atoms with Gasteiger partial charge in [-0.3, -0.25) is 4.79 Å². The number of amides is 1. The van der Waals surface area contributed by atoms with E-state index in [0.717, 1.165) is 32.5 Å². The second-order valence-corrected chi connectivity index (χ2v) is 7.80. The van der Waals surface area contributed by atoms with Crippen molar-refractivity contribution < 1.29 is 9.53 Å². The zero-order valence-corrected chi connectivity index (χ0v) is 16.1. The summed E-state index contributed by atoms with van der Waals surface area (Å²) >= 11 is 0. The quantitative estimate of drug-likeness (QED) is 0.648. The lowest BCUT2D eigenvalue weighted by Crippen LogP contribution is -2.52. The average molecular weight is 393 g/mol. The van der Waals surface area contributed by atoms with Crippen LogP contribution in [0.5, 0.6) is 0 Å². The summed E-state index contributed by atoms with van der Waals surface area (Å²) in [4.78, 5) is 30.5. The molecule has 1 amide bonds. The number of rotatable bonds is 2. The molecule has 0 N–H and O–H groups in total. The number of nitrogens with zero attached hydrogens (tertiary/aromatic N) is 7. The van der Waals surface area contributed by atoms with Crippen LogP contribution in [0.25, 0.3) is 5.65 Å². The number of piperidine rings is 1. The van der Waals surface area contributed by atoms with Crippen LogP contribution < -0.4 is 4.90 Å². The van der Waals surface area contributed by atoms with Gasteiger partial charge in [0.25, 0.3) is 5.91 Å². The van der Waals surface area contributed by atoms with Gasteiger partial charge in [0.2, 0.25) is 5.95 Å². The topological polar surface area (TPSA) is 88.8 Å². The molecule has 0 aromatic carbocycles. The maximum Gasteiger partial charge on any atom is 0.259 e. The Labute approximate surface area is 168 Å². The van der Waals surface area contributed by atoms with Gasteiger partial charge in [-0.15, -0.1) is 0 Å². The van der Waals surface area contributed by atoms with Gasteiger partial charge in [0.05, 0.1) is 19.4 Å². The molecule has 9 nitrogen and oxygen atoms in total. The second kappa shape index (κ2) is 7.40. The van der Waals surface area contributed by atoms with Crippen LogP contribution in [-0.4, -0.2) is 74.8 Å². The summed E-state index contributed by atoms with van der Waals surface area (Å²) in [6.45, 7) is 4.15. The highest BCUT2D eigenvalue weighted by Crippen LogP contribution is 2.34. The van der Waals surface area contributed by atoms with Crippen LogP contribution in [0.3, 0.4) is 0 Å². The Morgan fingerprint density at radius 3 is 2.83 bits per heavy atom. The molecule has 2 fully saturated rings. The molecule has 5 heterocycles. The van der Waals surface area contributed by atoms with Crippen molar-refractivity contribution >= 4 is 17.5 Å². The maximum atomic E-state index is 13.3. The van der Waals surface area contributed by atoms with E-state index >= 15 is 0 Å². The molecule has 2 aliphatic heterocycles. The van der Waals surface area contributed by atoms with Crippen LogP contribution in [-0.2, 0) is 4.74 Å². The van der Waals surface area contributed by atoms with Gasteiger partial charge in [0.1, 0.15) is 5.56 Å². The number of hydrogen-bond donors (Lipinski definition) is 0. The first-order chi connectivity index (χ1) is 14.2. The Morgan fingerprint density at radius 1 is 1.07 bits per heavy atom. The fraction of sp³-hybridized carbons (Fsp3) is 0.450. The summed E-state index contributed by atoms with van der Waals surface area (Å²) in [6, 6.07) is 3.62. The molecule has 9 heteroatoms. The smallest absolute Gasteiger partial charge is 0.259 e. The first-order valence-corrected chi connectivity index (χ1v) is 9.92. The Balaban J connectivity index is 1.39. The van der Waals surface area contributed by atoms with Crippen molar-refractivity contribution in [1.82, 2.24) is 29.5 Å². The first-order valence-electron chi connectivity index (χ1n) is 9.92. The van der Waals surface area contributed by atoms with Crippen LogP contribution in [0.4, 0.5) is 5.95 Å². The molecule has 2 aliphatic rings. The Kier molecular flexibility index (Phi) is 4.59. The summed E-state index contributed by atoms with van der Waals surface area (Å²) in [7, 11) is 0. The van der Waals surface area contributed by atoms with E-state index in [-0.39, 0.29) is 11.3 Å². The van der Waals surface area contributed by atoms with Crippen molar-refractivity contribution in [3.63, 3.8) is 0 Å². The Morgan fingerprint density at radius 2 is 1.93 bits per heavy atom. The van der Waals surface area contributed by atoms with Gasteiger partial charge in [0, 0.05) is 56.4 Å². The Hall–Kier alpha value is -3.07. The minimum atomic E-state index is -0.139. The molecule has 0 bridgehead atoms. The SMILES string of the molecule is O=C(c1cnn2cccnc12)N1CCCC2(COCCN(c3ncccn3)C2)C1. The molecule has 3 aromatic rings. The van der Waals surface area contributed by atoms with Gasteiger partial charge >= 0.3 is 0 Å². The van der Waals surface area contributed by atoms with E-state index in [1.165, 1.54) is 0 Å². The Bertz CT molecular complexity index is 1010. The fourth-order valence-electron chi connectivity index (χ4n) is 4.39. The summed E-state index contributed by atoms with van der Waals surface area (Å²) < 4.78 is 7.60. The predicted molar refractivity (Wildman–Crippen MR) is 106 cm³/mol. The van der Waals surface area contributed by atoms with Gasteiger partial charge in [-0.1, -0.05) is 0 Å².